The molecule has 4 nitrogen and oxygen atoms in total. The maximum atomic E-state index is 11.6. The number of rotatable bonds is 4. The van der Waals surface area contributed by atoms with Crippen molar-refractivity contribution in [1.29, 1.82) is 0 Å². The molecule has 2 N–H and O–H groups in total. The van der Waals surface area contributed by atoms with Crippen LogP contribution in [0.25, 0.3) is 0 Å². The van der Waals surface area contributed by atoms with Crippen LogP contribution in [0.5, 0.6) is 0 Å². The molecule has 4 heteroatoms. The lowest BCUT2D eigenvalue weighted by atomic mass is 10.0. The van der Waals surface area contributed by atoms with Crippen molar-refractivity contribution in [1.82, 2.24) is 0 Å². The molecule has 1 aliphatic rings. The van der Waals surface area contributed by atoms with Crippen LogP contribution in [0.15, 0.2) is 30.9 Å². The largest absolute Gasteiger partial charge is 0.326 e. The average Bonchev–Trinajstić information content (AvgIpc) is 2.36. The van der Waals surface area contributed by atoms with E-state index in [0.29, 0.717) is 19.3 Å². The number of hydrogen-bond acceptors (Lipinski definition) is 2. The number of amides is 2. The number of hydrogen-bond donors (Lipinski definition) is 2. The number of fused-ring (bicyclic) bond motifs is 1. The van der Waals surface area contributed by atoms with Crippen molar-refractivity contribution in [3.63, 3.8) is 0 Å². The predicted molar refractivity (Wildman–Crippen MR) is 71.5 cm³/mol. The molecular formula is C14H16N2O2. The van der Waals surface area contributed by atoms with Gasteiger partial charge in [-0.3, -0.25) is 9.59 Å². The molecule has 0 atom stereocenters. The predicted octanol–water partition coefficient (Wildman–Crippen LogP) is 2.48. The average molecular weight is 244 g/mol. The summed E-state index contributed by atoms with van der Waals surface area (Å²) in [6.45, 7) is 3.58. The van der Waals surface area contributed by atoms with Crippen LogP contribution in [0.4, 0.5) is 11.4 Å². The van der Waals surface area contributed by atoms with Crippen LogP contribution in [0, 0.1) is 0 Å². The summed E-state index contributed by atoms with van der Waals surface area (Å²) in [7, 11) is 0. The summed E-state index contributed by atoms with van der Waals surface area (Å²) in [6, 6.07) is 5.55. The Morgan fingerprint density at radius 2 is 2.28 bits per heavy atom. The van der Waals surface area contributed by atoms with Gasteiger partial charge in [0.1, 0.15) is 0 Å². The highest BCUT2D eigenvalue weighted by Gasteiger charge is 2.15. The molecule has 0 spiro atoms. The Bertz CT molecular complexity index is 495. The number of aryl methyl sites for hydroxylation is 1. The van der Waals surface area contributed by atoms with E-state index in [4.69, 9.17) is 0 Å². The molecule has 1 aromatic carbocycles. The third kappa shape index (κ3) is 2.97. The number of benzene rings is 1. The molecule has 1 aromatic rings. The molecule has 94 valence electrons. The molecule has 0 radical (unpaired) electrons. The molecule has 0 unspecified atom stereocenters. The van der Waals surface area contributed by atoms with E-state index in [2.05, 4.69) is 17.2 Å². The highest BCUT2D eigenvalue weighted by molar-refractivity contribution is 5.95. The first-order valence-electron chi connectivity index (χ1n) is 6.02. The minimum absolute atomic E-state index is 0.0188. The number of anilines is 2. The van der Waals surface area contributed by atoms with E-state index in [1.807, 2.05) is 12.1 Å². The van der Waals surface area contributed by atoms with Crippen LogP contribution >= 0.6 is 0 Å². The zero-order valence-electron chi connectivity index (χ0n) is 10.2. The summed E-state index contributed by atoms with van der Waals surface area (Å²) >= 11 is 0. The minimum atomic E-state index is -0.0188. The zero-order chi connectivity index (χ0) is 13.0. The maximum Gasteiger partial charge on any atom is 0.224 e. The van der Waals surface area contributed by atoms with Crippen LogP contribution in [-0.2, 0) is 16.0 Å². The SMILES string of the molecule is C=CCCC(=O)Nc1ccc2c(c1)CCC(=O)N2. The van der Waals surface area contributed by atoms with Gasteiger partial charge in [0.15, 0.2) is 0 Å². The van der Waals surface area contributed by atoms with Gasteiger partial charge in [0.25, 0.3) is 0 Å². The normalized spacial score (nSPS) is 13.4. The van der Waals surface area contributed by atoms with Gasteiger partial charge in [-0.25, -0.2) is 0 Å². The second-order valence-corrected chi connectivity index (χ2v) is 4.30. The molecule has 0 aromatic heterocycles. The van der Waals surface area contributed by atoms with Gasteiger partial charge in [-0.2, -0.15) is 0 Å². The van der Waals surface area contributed by atoms with Gasteiger partial charge < -0.3 is 10.6 Å². The number of allylic oxidation sites excluding steroid dienone is 1. The zero-order valence-corrected chi connectivity index (χ0v) is 10.2. The van der Waals surface area contributed by atoms with Gasteiger partial charge >= 0.3 is 0 Å². The molecule has 2 amide bonds. The van der Waals surface area contributed by atoms with Crippen molar-refractivity contribution >= 4 is 23.2 Å². The summed E-state index contributed by atoms with van der Waals surface area (Å²) in [4.78, 5) is 22.8. The first kappa shape index (κ1) is 12.4. The maximum absolute atomic E-state index is 11.6. The fourth-order valence-corrected chi connectivity index (χ4v) is 1.92. The van der Waals surface area contributed by atoms with E-state index in [1.165, 1.54) is 0 Å². The summed E-state index contributed by atoms with van der Waals surface area (Å²) < 4.78 is 0. The quantitative estimate of drug-likeness (QED) is 0.799. The van der Waals surface area contributed by atoms with Crippen LogP contribution < -0.4 is 10.6 Å². The van der Waals surface area contributed by atoms with Crippen LogP contribution in [0.2, 0.25) is 0 Å². The van der Waals surface area contributed by atoms with Gasteiger partial charge in [-0.15, -0.1) is 6.58 Å². The number of nitrogens with one attached hydrogen (secondary N) is 2. The second kappa shape index (κ2) is 5.49. The minimum Gasteiger partial charge on any atom is -0.326 e. The summed E-state index contributed by atoms with van der Waals surface area (Å²) in [5.41, 5.74) is 2.69. The number of carbonyl (C=O) groups is 2. The molecule has 1 heterocycles. The van der Waals surface area contributed by atoms with E-state index >= 15 is 0 Å². The Morgan fingerprint density at radius 1 is 1.44 bits per heavy atom. The highest BCUT2D eigenvalue weighted by atomic mass is 16.2. The summed E-state index contributed by atoms with van der Waals surface area (Å²) in [5.74, 6) is 0.0277. The Morgan fingerprint density at radius 3 is 3.06 bits per heavy atom. The Hall–Kier alpha value is -2.10. The third-order valence-corrected chi connectivity index (χ3v) is 2.86. The van der Waals surface area contributed by atoms with E-state index < -0.39 is 0 Å². The topological polar surface area (TPSA) is 58.2 Å². The molecule has 0 saturated heterocycles. The van der Waals surface area contributed by atoms with Gasteiger partial charge in [-0.05, 0) is 36.6 Å². The monoisotopic (exact) mass is 244 g/mol. The van der Waals surface area contributed by atoms with Crippen molar-refractivity contribution in [2.45, 2.75) is 25.7 Å². The smallest absolute Gasteiger partial charge is 0.224 e. The fourth-order valence-electron chi connectivity index (χ4n) is 1.92. The molecule has 1 aliphatic heterocycles. The fraction of sp³-hybridized carbons (Fsp3) is 0.286. The lowest BCUT2D eigenvalue weighted by Crippen LogP contribution is -2.19. The van der Waals surface area contributed by atoms with E-state index in [0.717, 1.165) is 23.4 Å². The Kier molecular flexibility index (Phi) is 3.77. The molecule has 0 aliphatic carbocycles. The first-order valence-corrected chi connectivity index (χ1v) is 6.02. The van der Waals surface area contributed by atoms with Gasteiger partial charge in [-0.1, -0.05) is 6.08 Å². The van der Waals surface area contributed by atoms with Gasteiger partial charge in [0.2, 0.25) is 11.8 Å². The highest BCUT2D eigenvalue weighted by Crippen LogP contribution is 2.25. The van der Waals surface area contributed by atoms with Crippen molar-refractivity contribution < 1.29 is 9.59 Å². The molecule has 18 heavy (non-hydrogen) atoms. The lowest BCUT2D eigenvalue weighted by Gasteiger charge is -2.17. The molecule has 2 rings (SSSR count). The Balaban J connectivity index is 2.05. The van der Waals surface area contributed by atoms with Crippen LogP contribution in [0.3, 0.4) is 0 Å². The van der Waals surface area contributed by atoms with Crippen molar-refractivity contribution in [3.05, 3.63) is 36.4 Å². The van der Waals surface area contributed by atoms with E-state index in [9.17, 15) is 9.59 Å². The van der Waals surface area contributed by atoms with Crippen molar-refractivity contribution in [3.8, 4) is 0 Å². The first-order chi connectivity index (χ1) is 8.69. The molecule has 0 fully saturated rings. The van der Waals surface area contributed by atoms with E-state index in [1.54, 1.807) is 12.1 Å². The Labute approximate surface area is 106 Å². The van der Waals surface area contributed by atoms with Crippen molar-refractivity contribution in [2.24, 2.45) is 0 Å². The van der Waals surface area contributed by atoms with Gasteiger partial charge in [0, 0.05) is 24.2 Å². The second-order valence-electron chi connectivity index (χ2n) is 4.30. The third-order valence-electron chi connectivity index (χ3n) is 2.86. The molecule has 0 bridgehead atoms. The van der Waals surface area contributed by atoms with Crippen LogP contribution in [0.1, 0.15) is 24.8 Å². The standard InChI is InChI=1S/C14H16N2O2/c1-2-3-4-13(17)15-11-6-7-12-10(9-11)5-8-14(18)16-12/h2,6-7,9H,1,3-5,8H2,(H,15,17)(H,16,18). The lowest BCUT2D eigenvalue weighted by molar-refractivity contribution is -0.117. The molecule has 0 saturated carbocycles. The number of carbonyl (C=O) groups excluding carboxylic acids is 2. The van der Waals surface area contributed by atoms with Crippen LogP contribution in [-0.4, -0.2) is 11.8 Å². The van der Waals surface area contributed by atoms with Crippen molar-refractivity contribution in [2.75, 3.05) is 10.6 Å². The van der Waals surface area contributed by atoms with Gasteiger partial charge in [0.05, 0.1) is 0 Å². The summed E-state index contributed by atoms with van der Waals surface area (Å²) in [5, 5.41) is 5.65. The van der Waals surface area contributed by atoms with E-state index in [-0.39, 0.29) is 11.8 Å². The molecular weight excluding hydrogens is 228 g/mol. The summed E-state index contributed by atoms with van der Waals surface area (Å²) in [6.07, 6.45) is 4.06.